The minimum absolute atomic E-state index is 0.338. The number of fused-ring (bicyclic) bond motifs is 3. The molecule has 0 saturated heterocycles. The number of nitrogens with two attached hydrogens (primary N) is 1. The molecule has 0 amide bonds. The lowest BCUT2D eigenvalue weighted by atomic mass is 10.2. The molecule has 2 N–H and O–H groups in total. The lowest BCUT2D eigenvalue weighted by molar-refractivity contribution is 0.546. The van der Waals surface area contributed by atoms with E-state index in [0.29, 0.717) is 12.0 Å². The Balaban J connectivity index is 2.17. The van der Waals surface area contributed by atoms with Crippen molar-refractivity contribution in [1.29, 1.82) is 0 Å². The third kappa shape index (κ3) is 1.52. The van der Waals surface area contributed by atoms with Gasteiger partial charge in [-0.25, -0.2) is 4.98 Å². The Morgan fingerprint density at radius 1 is 1.20 bits per heavy atom. The number of aryl methyl sites for hydroxylation is 1. The highest BCUT2D eigenvalue weighted by molar-refractivity contribution is 6.07. The Morgan fingerprint density at radius 2 is 2.00 bits per heavy atom. The van der Waals surface area contributed by atoms with Crippen LogP contribution in [0.5, 0.6) is 0 Å². The summed E-state index contributed by atoms with van der Waals surface area (Å²) in [5.41, 5.74) is 8.99. The van der Waals surface area contributed by atoms with Crippen molar-refractivity contribution in [3.05, 3.63) is 24.2 Å². The molecule has 0 aromatic carbocycles. The van der Waals surface area contributed by atoms with Gasteiger partial charge in [0.05, 0.1) is 11.2 Å². The number of nitrogen functional groups attached to an aromatic ring is 1. The zero-order chi connectivity index (χ0) is 13.7. The Morgan fingerprint density at radius 3 is 2.80 bits per heavy atom. The summed E-state index contributed by atoms with van der Waals surface area (Å²) in [5.74, 6) is 0.338. The second-order valence-electron chi connectivity index (χ2n) is 5.57. The quantitative estimate of drug-likeness (QED) is 0.736. The number of rotatable bonds is 1. The normalized spacial score (nSPS) is 16.4. The van der Waals surface area contributed by atoms with E-state index < -0.39 is 0 Å². The molecule has 0 spiro atoms. The van der Waals surface area contributed by atoms with Crippen LogP contribution in [0.3, 0.4) is 0 Å². The summed E-state index contributed by atoms with van der Waals surface area (Å²) in [5, 5.41) is 2.26. The highest BCUT2D eigenvalue weighted by atomic mass is 15.1. The zero-order valence-corrected chi connectivity index (χ0v) is 11.5. The molecule has 102 valence electrons. The van der Waals surface area contributed by atoms with Crippen LogP contribution in [0.15, 0.2) is 18.5 Å². The molecule has 5 heteroatoms. The molecule has 3 aromatic rings. The molecule has 5 nitrogen and oxygen atoms in total. The van der Waals surface area contributed by atoms with Gasteiger partial charge in [-0.3, -0.25) is 4.98 Å². The second kappa shape index (κ2) is 4.16. The molecule has 0 unspecified atom stereocenters. The first kappa shape index (κ1) is 11.6. The summed E-state index contributed by atoms with van der Waals surface area (Å²) >= 11 is 0. The van der Waals surface area contributed by atoms with Crippen molar-refractivity contribution in [2.45, 2.75) is 38.6 Å². The Bertz CT molecular complexity index is 799. The zero-order valence-electron chi connectivity index (χ0n) is 11.5. The van der Waals surface area contributed by atoms with Crippen molar-refractivity contribution in [2.24, 2.45) is 0 Å². The number of hydrogen-bond donors (Lipinski definition) is 1. The van der Waals surface area contributed by atoms with E-state index in [-0.39, 0.29) is 0 Å². The molecule has 0 bridgehead atoms. The van der Waals surface area contributed by atoms with Gasteiger partial charge in [0.15, 0.2) is 0 Å². The summed E-state index contributed by atoms with van der Waals surface area (Å²) in [4.78, 5) is 13.1. The summed E-state index contributed by atoms with van der Waals surface area (Å²) in [6, 6.07) is 2.56. The molecular formula is C15H17N5. The Labute approximate surface area is 116 Å². The van der Waals surface area contributed by atoms with Gasteiger partial charge in [0.1, 0.15) is 5.65 Å². The minimum Gasteiger partial charge on any atom is -0.368 e. The third-order valence-corrected chi connectivity index (χ3v) is 4.34. The predicted octanol–water partition coefficient (Wildman–Crippen LogP) is 2.99. The fraction of sp³-hybridized carbons (Fsp3) is 0.400. The van der Waals surface area contributed by atoms with Crippen LogP contribution in [0.2, 0.25) is 0 Å². The van der Waals surface area contributed by atoms with E-state index in [1.165, 1.54) is 36.6 Å². The molecule has 0 aliphatic heterocycles. The first-order valence-electron chi connectivity index (χ1n) is 7.13. The van der Waals surface area contributed by atoms with Gasteiger partial charge in [-0.15, -0.1) is 0 Å². The smallest absolute Gasteiger partial charge is 0.221 e. The largest absolute Gasteiger partial charge is 0.368 e. The number of aromatic nitrogens is 4. The van der Waals surface area contributed by atoms with E-state index in [9.17, 15) is 0 Å². The molecule has 1 aliphatic carbocycles. The second-order valence-corrected chi connectivity index (χ2v) is 5.57. The summed E-state index contributed by atoms with van der Waals surface area (Å²) < 4.78 is 2.35. The number of hydrogen-bond acceptors (Lipinski definition) is 4. The van der Waals surface area contributed by atoms with Gasteiger partial charge in [-0.2, -0.15) is 4.98 Å². The number of pyridine rings is 1. The van der Waals surface area contributed by atoms with Crippen LogP contribution in [0.25, 0.3) is 21.9 Å². The molecule has 3 heterocycles. The van der Waals surface area contributed by atoms with E-state index >= 15 is 0 Å². The van der Waals surface area contributed by atoms with Gasteiger partial charge < -0.3 is 10.3 Å². The first-order valence-corrected chi connectivity index (χ1v) is 7.13. The lowest BCUT2D eigenvalue weighted by Crippen LogP contribution is -2.07. The van der Waals surface area contributed by atoms with Crippen LogP contribution < -0.4 is 5.73 Å². The van der Waals surface area contributed by atoms with Crippen LogP contribution in [0.1, 0.15) is 37.4 Å². The predicted molar refractivity (Wildman–Crippen MR) is 79.5 cm³/mol. The maximum Gasteiger partial charge on any atom is 0.221 e. The average molecular weight is 267 g/mol. The molecule has 4 rings (SSSR count). The minimum atomic E-state index is 0.338. The van der Waals surface area contributed by atoms with E-state index in [4.69, 9.17) is 5.73 Å². The molecular weight excluding hydrogens is 250 g/mol. The van der Waals surface area contributed by atoms with Crippen molar-refractivity contribution < 1.29 is 0 Å². The van der Waals surface area contributed by atoms with E-state index in [0.717, 1.165) is 16.7 Å². The maximum atomic E-state index is 5.80. The first-order chi connectivity index (χ1) is 9.75. The van der Waals surface area contributed by atoms with Gasteiger partial charge in [0.2, 0.25) is 5.95 Å². The molecule has 20 heavy (non-hydrogen) atoms. The SMILES string of the molecule is Cc1nccc2c3cnc(N)nc3n(C3CCCC3)c12. The average Bonchev–Trinajstić information content (AvgIpc) is 3.04. The molecule has 3 aromatic heterocycles. The standard InChI is InChI=1S/C15H17N5/c1-9-13-11(6-7-17-9)12-8-18-15(16)19-14(12)20(13)10-4-2-3-5-10/h6-8,10H,2-5H2,1H3,(H2,16,18,19). The van der Waals surface area contributed by atoms with Crippen LogP contribution >= 0.6 is 0 Å². The highest BCUT2D eigenvalue weighted by Crippen LogP contribution is 2.38. The Kier molecular flexibility index (Phi) is 2.42. The summed E-state index contributed by atoms with van der Waals surface area (Å²) in [6.45, 7) is 2.06. The van der Waals surface area contributed by atoms with Crippen LogP contribution in [0.4, 0.5) is 5.95 Å². The monoisotopic (exact) mass is 267 g/mol. The van der Waals surface area contributed by atoms with Crippen molar-refractivity contribution in [1.82, 2.24) is 19.5 Å². The molecule has 1 fully saturated rings. The molecule has 1 saturated carbocycles. The third-order valence-electron chi connectivity index (χ3n) is 4.34. The van der Waals surface area contributed by atoms with Crippen LogP contribution in [-0.2, 0) is 0 Å². The van der Waals surface area contributed by atoms with Gasteiger partial charge in [0, 0.05) is 29.2 Å². The number of nitrogens with zero attached hydrogens (tertiary/aromatic N) is 4. The van der Waals surface area contributed by atoms with Crippen molar-refractivity contribution in [2.75, 3.05) is 5.73 Å². The lowest BCUT2D eigenvalue weighted by Gasteiger charge is -2.15. The van der Waals surface area contributed by atoms with E-state index in [2.05, 4.69) is 32.5 Å². The van der Waals surface area contributed by atoms with Crippen molar-refractivity contribution >= 4 is 27.9 Å². The van der Waals surface area contributed by atoms with Crippen LogP contribution in [0, 0.1) is 6.92 Å². The van der Waals surface area contributed by atoms with Crippen molar-refractivity contribution in [3.63, 3.8) is 0 Å². The topological polar surface area (TPSA) is 69.6 Å². The van der Waals surface area contributed by atoms with E-state index in [1.54, 1.807) is 0 Å². The highest BCUT2D eigenvalue weighted by Gasteiger charge is 2.24. The number of anilines is 1. The van der Waals surface area contributed by atoms with Gasteiger partial charge >= 0.3 is 0 Å². The van der Waals surface area contributed by atoms with Gasteiger partial charge in [0.25, 0.3) is 0 Å². The van der Waals surface area contributed by atoms with Crippen molar-refractivity contribution in [3.8, 4) is 0 Å². The summed E-state index contributed by atoms with van der Waals surface area (Å²) in [7, 11) is 0. The van der Waals surface area contributed by atoms with Gasteiger partial charge in [-0.1, -0.05) is 12.8 Å². The Hall–Kier alpha value is -2.17. The fourth-order valence-electron chi connectivity index (χ4n) is 3.46. The molecule has 1 aliphatic rings. The van der Waals surface area contributed by atoms with Gasteiger partial charge in [-0.05, 0) is 25.8 Å². The molecule has 0 atom stereocenters. The van der Waals surface area contributed by atoms with E-state index in [1.807, 2.05) is 12.4 Å². The maximum absolute atomic E-state index is 5.80. The summed E-state index contributed by atoms with van der Waals surface area (Å²) in [6.07, 6.45) is 8.67. The fourth-order valence-corrected chi connectivity index (χ4v) is 3.46. The molecule has 0 radical (unpaired) electrons. The van der Waals surface area contributed by atoms with Crippen LogP contribution in [-0.4, -0.2) is 19.5 Å².